The number of sulfone groups is 1. The third kappa shape index (κ3) is 5.72. The number of rotatable bonds is 3. The molecule has 2 saturated heterocycles. The van der Waals surface area contributed by atoms with Crippen molar-refractivity contribution in [1.29, 1.82) is 0 Å². The summed E-state index contributed by atoms with van der Waals surface area (Å²) in [7, 11) is -2.76. The minimum atomic E-state index is -2.76. The maximum absolute atomic E-state index is 11.3. The van der Waals surface area contributed by atoms with E-state index in [4.69, 9.17) is 10.5 Å². The van der Waals surface area contributed by atoms with Crippen molar-refractivity contribution in [2.45, 2.75) is 19.3 Å². The van der Waals surface area contributed by atoms with Gasteiger partial charge >= 0.3 is 0 Å². The molecule has 2 N–H and O–H groups in total. The molecule has 0 aromatic carbocycles. The molecule has 0 aliphatic carbocycles. The molecule has 0 atom stereocenters. The van der Waals surface area contributed by atoms with Gasteiger partial charge in [0.25, 0.3) is 0 Å². The van der Waals surface area contributed by atoms with Crippen LogP contribution in [0.2, 0.25) is 0 Å². The summed E-state index contributed by atoms with van der Waals surface area (Å²) in [6.45, 7) is 3.70. The second-order valence-electron chi connectivity index (χ2n) is 5.22. The van der Waals surface area contributed by atoms with Gasteiger partial charge in [-0.25, -0.2) is 8.42 Å². The van der Waals surface area contributed by atoms with Gasteiger partial charge in [-0.1, -0.05) is 0 Å². The predicted molar refractivity (Wildman–Crippen MR) is 90.3 cm³/mol. The minimum Gasteiger partial charge on any atom is -0.378 e. The number of nitrogens with two attached hydrogens (primary N) is 1. The minimum absolute atomic E-state index is 0. The second-order valence-corrected chi connectivity index (χ2v) is 7.53. The molecule has 0 saturated carbocycles. The zero-order valence-electron chi connectivity index (χ0n) is 11.7. The van der Waals surface area contributed by atoms with Crippen LogP contribution >= 0.6 is 24.0 Å². The summed E-state index contributed by atoms with van der Waals surface area (Å²) in [5.41, 5.74) is 5.93. The van der Waals surface area contributed by atoms with E-state index in [2.05, 4.69) is 4.99 Å². The molecule has 0 amide bonds. The van der Waals surface area contributed by atoms with Crippen LogP contribution in [0.5, 0.6) is 0 Å². The topological polar surface area (TPSA) is 85.0 Å². The first-order valence-corrected chi connectivity index (χ1v) is 8.72. The van der Waals surface area contributed by atoms with Crippen molar-refractivity contribution in [2.24, 2.45) is 16.6 Å². The number of hydrogen-bond donors (Lipinski definition) is 1. The van der Waals surface area contributed by atoms with E-state index in [-0.39, 0.29) is 24.0 Å². The van der Waals surface area contributed by atoms with E-state index in [1.54, 1.807) is 0 Å². The molecule has 118 valence electrons. The van der Waals surface area contributed by atoms with E-state index in [9.17, 15) is 8.42 Å². The number of guanidine groups is 1. The molecule has 0 bridgehead atoms. The lowest BCUT2D eigenvalue weighted by Crippen LogP contribution is -2.44. The van der Waals surface area contributed by atoms with Crippen molar-refractivity contribution in [2.75, 3.05) is 44.4 Å². The zero-order chi connectivity index (χ0) is 13.7. The molecule has 0 aromatic rings. The molecule has 2 aliphatic heterocycles. The Morgan fingerprint density at radius 1 is 1.25 bits per heavy atom. The van der Waals surface area contributed by atoms with Gasteiger partial charge in [0.15, 0.2) is 5.96 Å². The van der Waals surface area contributed by atoms with Crippen LogP contribution < -0.4 is 5.73 Å². The highest BCUT2D eigenvalue weighted by atomic mass is 127. The van der Waals surface area contributed by atoms with Gasteiger partial charge in [0.2, 0.25) is 0 Å². The maximum atomic E-state index is 11.3. The lowest BCUT2D eigenvalue weighted by atomic mass is 9.99. The molecule has 8 heteroatoms. The molecule has 2 aliphatic rings. The summed E-state index contributed by atoms with van der Waals surface area (Å²) in [5.74, 6) is 1.73. The van der Waals surface area contributed by atoms with E-state index in [1.165, 1.54) is 0 Å². The van der Waals surface area contributed by atoms with Gasteiger partial charge in [0.05, 0.1) is 24.7 Å². The van der Waals surface area contributed by atoms with Crippen molar-refractivity contribution in [1.82, 2.24) is 4.90 Å². The van der Waals surface area contributed by atoms with Gasteiger partial charge in [0, 0.05) is 19.6 Å². The Kier molecular flexibility index (Phi) is 7.52. The zero-order valence-corrected chi connectivity index (χ0v) is 14.8. The average Bonchev–Trinajstić information content (AvgIpc) is 2.41. The van der Waals surface area contributed by atoms with Crippen LogP contribution in [0.1, 0.15) is 19.3 Å². The SMILES string of the molecule is I.NC(=NCCC1CCS(=O)(=O)CC1)N1CCOCC1. The standard InChI is InChI=1S/C12H23N3O3S.HI/c13-12(15-5-7-18-8-6-15)14-4-1-11-2-9-19(16,17)10-3-11;/h11H,1-10H2,(H2,13,14);1H. The van der Waals surface area contributed by atoms with Crippen molar-refractivity contribution >= 4 is 39.8 Å². The third-order valence-electron chi connectivity index (χ3n) is 3.82. The van der Waals surface area contributed by atoms with Crippen LogP contribution in [0.15, 0.2) is 4.99 Å². The van der Waals surface area contributed by atoms with Gasteiger partial charge in [0.1, 0.15) is 9.84 Å². The Morgan fingerprint density at radius 2 is 1.85 bits per heavy atom. The molecule has 0 spiro atoms. The molecule has 20 heavy (non-hydrogen) atoms. The van der Waals surface area contributed by atoms with Crippen LogP contribution in [0.3, 0.4) is 0 Å². The Hall–Kier alpha value is -0.0900. The molecule has 2 heterocycles. The molecule has 2 rings (SSSR count). The summed E-state index contributed by atoms with van der Waals surface area (Å²) >= 11 is 0. The number of halogens is 1. The van der Waals surface area contributed by atoms with E-state index in [0.29, 0.717) is 43.1 Å². The molecular formula is C12H24IN3O3S. The summed E-state index contributed by atoms with van der Waals surface area (Å²) in [6.07, 6.45) is 2.48. The Morgan fingerprint density at radius 3 is 2.45 bits per heavy atom. The Labute approximate surface area is 138 Å². The smallest absolute Gasteiger partial charge is 0.191 e. The third-order valence-corrected chi connectivity index (χ3v) is 5.54. The van der Waals surface area contributed by atoms with E-state index in [1.807, 2.05) is 4.90 Å². The lowest BCUT2D eigenvalue weighted by Gasteiger charge is -2.27. The van der Waals surface area contributed by atoms with Gasteiger partial charge in [-0.3, -0.25) is 4.99 Å². The number of ether oxygens (including phenoxy) is 1. The van der Waals surface area contributed by atoms with Crippen LogP contribution in [-0.4, -0.2) is 63.6 Å². The number of hydrogen-bond acceptors (Lipinski definition) is 4. The highest BCUT2D eigenvalue weighted by molar-refractivity contribution is 14.0. The molecule has 0 radical (unpaired) electrons. The molecule has 6 nitrogen and oxygen atoms in total. The van der Waals surface area contributed by atoms with Crippen LogP contribution in [0, 0.1) is 5.92 Å². The first-order valence-electron chi connectivity index (χ1n) is 6.90. The Bertz CT molecular complexity index is 408. The fourth-order valence-electron chi connectivity index (χ4n) is 2.48. The quantitative estimate of drug-likeness (QED) is 0.410. The summed E-state index contributed by atoms with van der Waals surface area (Å²) < 4.78 is 27.9. The molecular weight excluding hydrogens is 393 g/mol. The summed E-state index contributed by atoms with van der Waals surface area (Å²) in [5, 5.41) is 0. The van der Waals surface area contributed by atoms with Crippen LogP contribution in [0.4, 0.5) is 0 Å². The van der Waals surface area contributed by atoms with Crippen LogP contribution in [0.25, 0.3) is 0 Å². The highest BCUT2D eigenvalue weighted by Crippen LogP contribution is 2.21. The van der Waals surface area contributed by atoms with Crippen molar-refractivity contribution < 1.29 is 13.2 Å². The van der Waals surface area contributed by atoms with Crippen molar-refractivity contribution in [3.05, 3.63) is 0 Å². The van der Waals surface area contributed by atoms with Crippen LogP contribution in [-0.2, 0) is 14.6 Å². The molecule has 0 unspecified atom stereocenters. The van der Waals surface area contributed by atoms with Gasteiger partial charge in [-0.05, 0) is 25.2 Å². The largest absolute Gasteiger partial charge is 0.378 e. The Balaban J connectivity index is 0.00000200. The fraction of sp³-hybridized carbons (Fsp3) is 0.917. The van der Waals surface area contributed by atoms with Crippen molar-refractivity contribution in [3.63, 3.8) is 0 Å². The summed E-state index contributed by atoms with van der Waals surface area (Å²) in [4.78, 5) is 6.43. The maximum Gasteiger partial charge on any atom is 0.191 e. The van der Waals surface area contributed by atoms with Gasteiger partial charge in [-0.2, -0.15) is 0 Å². The molecule has 2 fully saturated rings. The normalized spacial score (nSPS) is 24.2. The number of nitrogens with zero attached hydrogens (tertiary/aromatic N) is 2. The predicted octanol–water partition coefficient (Wildman–Crippen LogP) is 0.466. The molecule has 0 aromatic heterocycles. The summed E-state index contributed by atoms with van der Waals surface area (Å²) in [6, 6.07) is 0. The average molecular weight is 417 g/mol. The van der Waals surface area contributed by atoms with Gasteiger partial charge < -0.3 is 15.4 Å². The van der Waals surface area contributed by atoms with E-state index in [0.717, 1.165) is 32.4 Å². The van der Waals surface area contributed by atoms with Gasteiger partial charge in [-0.15, -0.1) is 24.0 Å². The lowest BCUT2D eigenvalue weighted by molar-refractivity contribution is 0.0674. The first kappa shape index (κ1) is 18.0. The first-order chi connectivity index (χ1) is 9.07. The van der Waals surface area contributed by atoms with E-state index < -0.39 is 9.84 Å². The number of morpholine rings is 1. The highest BCUT2D eigenvalue weighted by Gasteiger charge is 2.23. The van der Waals surface area contributed by atoms with E-state index >= 15 is 0 Å². The monoisotopic (exact) mass is 417 g/mol. The second kappa shape index (κ2) is 8.38. The number of aliphatic imine (C=N–C) groups is 1. The fourth-order valence-corrected chi connectivity index (χ4v) is 4.07. The van der Waals surface area contributed by atoms with Crippen molar-refractivity contribution in [3.8, 4) is 0 Å².